The zero-order valence-electron chi connectivity index (χ0n) is 10.5. The van der Waals surface area contributed by atoms with Gasteiger partial charge in [0.05, 0.1) is 6.04 Å². The lowest BCUT2D eigenvalue weighted by atomic mass is 9.99. The van der Waals surface area contributed by atoms with E-state index in [9.17, 15) is 9.90 Å². The Morgan fingerprint density at radius 2 is 2.17 bits per heavy atom. The summed E-state index contributed by atoms with van der Waals surface area (Å²) in [5.74, 6) is 0.392. The molecule has 3 rings (SSSR count). The number of rotatable bonds is 2. The third-order valence-electron chi connectivity index (χ3n) is 4.15. The molecule has 2 heterocycles. The van der Waals surface area contributed by atoms with Crippen molar-refractivity contribution in [1.29, 1.82) is 0 Å². The Morgan fingerprint density at radius 1 is 1.39 bits per heavy atom. The van der Waals surface area contributed by atoms with Crippen LogP contribution in [0.2, 0.25) is 0 Å². The molecule has 1 amide bonds. The van der Waals surface area contributed by atoms with Gasteiger partial charge in [-0.1, -0.05) is 31.5 Å². The number of carbonyl (C=O) groups is 1. The van der Waals surface area contributed by atoms with Crippen molar-refractivity contribution in [3.05, 3.63) is 35.4 Å². The van der Waals surface area contributed by atoms with Crippen molar-refractivity contribution in [2.24, 2.45) is 5.92 Å². The van der Waals surface area contributed by atoms with Crippen molar-refractivity contribution < 1.29 is 9.90 Å². The molecule has 2 aliphatic heterocycles. The van der Waals surface area contributed by atoms with E-state index in [-0.39, 0.29) is 11.9 Å². The van der Waals surface area contributed by atoms with Crippen molar-refractivity contribution in [3.63, 3.8) is 0 Å². The van der Waals surface area contributed by atoms with E-state index in [0.29, 0.717) is 11.5 Å². The Balaban J connectivity index is 1.94. The highest BCUT2D eigenvalue weighted by Crippen LogP contribution is 2.36. The molecule has 1 aromatic carbocycles. The van der Waals surface area contributed by atoms with E-state index in [4.69, 9.17) is 0 Å². The van der Waals surface area contributed by atoms with E-state index in [1.54, 1.807) is 11.0 Å². The third kappa shape index (κ3) is 1.56. The Morgan fingerprint density at radius 3 is 2.89 bits per heavy atom. The van der Waals surface area contributed by atoms with Gasteiger partial charge in [-0.15, -0.1) is 0 Å². The second kappa shape index (κ2) is 4.37. The molecule has 18 heavy (non-hydrogen) atoms. The monoisotopic (exact) mass is 246 g/mol. The van der Waals surface area contributed by atoms with E-state index >= 15 is 0 Å². The number of nitrogens with one attached hydrogen (secondary N) is 1. The van der Waals surface area contributed by atoms with Crippen molar-refractivity contribution in [1.82, 2.24) is 10.2 Å². The fourth-order valence-electron chi connectivity index (χ4n) is 3.11. The van der Waals surface area contributed by atoms with Crippen LogP contribution in [0, 0.1) is 5.92 Å². The zero-order chi connectivity index (χ0) is 12.7. The Labute approximate surface area is 107 Å². The van der Waals surface area contributed by atoms with Gasteiger partial charge in [0.2, 0.25) is 0 Å². The summed E-state index contributed by atoms with van der Waals surface area (Å²) in [6.45, 7) is 3.83. The van der Waals surface area contributed by atoms with Crippen LogP contribution < -0.4 is 5.32 Å². The molecule has 0 radical (unpaired) electrons. The molecule has 2 N–H and O–H groups in total. The van der Waals surface area contributed by atoms with Crippen LogP contribution in [0.5, 0.6) is 0 Å². The van der Waals surface area contributed by atoms with Crippen molar-refractivity contribution in [2.75, 3.05) is 13.1 Å². The number of aliphatic hydroxyl groups is 1. The first-order valence-electron chi connectivity index (χ1n) is 6.54. The predicted molar refractivity (Wildman–Crippen MR) is 68.0 cm³/mol. The van der Waals surface area contributed by atoms with E-state index in [2.05, 4.69) is 12.2 Å². The molecule has 2 aliphatic rings. The van der Waals surface area contributed by atoms with Gasteiger partial charge in [0.25, 0.3) is 5.91 Å². The first-order chi connectivity index (χ1) is 8.74. The lowest BCUT2D eigenvalue weighted by Gasteiger charge is -2.31. The minimum absolute atomic E-state index is 0.0368. The predicted octanol–water partition coefficient (Wildman–Crippen LogP) is 1.13. The van der Waals surface area contributed by atoms with Crippen LogP contribution in [-0.4, -0.2) is 35.0 Å². The largest absolute Gasteiger partial charge is 0.369 e. The molecule has 1 saturated heterocycles. The Hall–Kier alpha value is -1.39. The maximum absolute atomic E-state index is 12.4. The van der Waals surface area contributed by atoms with E-state index in [0.717, 1.165) is 25.1 Å². The molecule has 0 bridgehead atoms. The summed E-state index contributed by atoms with van der Waals surface area (Å²) in [5.41, 5.74) is 1.39. The molecular formula is C14H18N2O2. The molecule has 0 aliphatic carbocycles. The van der Waals surface area contributed by atoms with Gasteiger partial charge in [0.15, 0.2) is 6.23 Å². The molecule has 0 saturated carbocycles. The SMILES string of the molecule is CC[C@@H]1CNC[C@H]1N1C(=O)c2ccccc2C1O. The Kier molecular flexibility index (Phi) is 2.84. The first kappa shape index (κ1) is 11.7. The fraction of sp³-hybridized carbons (Fsp3) is 0.500. The Bertz CT molecular complexity index is 475. The highest BCUT2D eigenvalue weighted by Gasteiger charge is 2.43. The summed E-state index contributed by atoms with van der Waals surface area (Å²) in [4.78, 5) is 14.0. The highest BCUT2D eigenvalue weighted by atomic mass is 16.3. The van der Waals surface area contributed by atoms with Gasteiger partial charge in [-0.25, -0.2) is 0 Å². The summed E-state index contributed by atoms with van der Waals surface area (Å²) < 4.78 is 0. The number of fused-ring (bicyclic) bond motifs is 1. The van der Waals surface area contributed by atoms with Gasteiger partial charge >= 0.3 is 0 Å². The number of carbonyl (C=O) groups excluding carboxylic acids is 1. The van der Waals surface area contributed by atoms with E-state index in [1.807, 2.05) is 18.2 Å². The van der Waals surface area contributed by atoms with Crippen LogP contribution in [0.15, 0.2) is 24.3 Å². The number of hydrogen-bond acceptors (Lipinski definition) is 3. The van der Waals surface area contributed by atoms with Gasteiger partial charge in [0.1, 0.15) is 0 Å². The minimum atomic E-state index is -0.785. The van der Waals surface area contributed by atoms with Crippen molar-refractivity contribution >= 4 is 5.91 Å². The molecular weight excluding hydrogens is 228 g/mol. The average molecular weight is 246 g/mol. The van der Waals surface area contributed by atoms with Gasteiger partial charge in [-0.2, -0.15) is 0 Å². The first-order valence-corrected chi connectivity index (χ1v) is 6.54. The van der Waals surface area contributed by atoms with E-state index in [1.165, 1.54) is 0 Å². The quantitative estimate of drug-likeness (QED) is 0.822. The van der Waals surface area contributed by atoms with Gasteiger partial charge < -0.3 is 15.3 Å². The molecule has 0 spiro atoms. The number of hydrogen-bond donors (Lipinski definition) is 2. The number of amides is 1. The molecule has 1 aromatic rings. The summed E-state index contributed by atoms with van der Waals surface area (Å²) in [6.07, 6.45) is 0.234. The van der Waals surface area contributed by atoms with Crippen molar-refractivity contribution in [2.45, 2.75) is 25.6 Å². The summed E-state index contributed by atoms with van der Waals surface area (Å²) in [5, 5.41) is 13.7. The highest BCUT2D eigenvalue weighted by molar-refractivity contribution is 5.99. The molecule has 96 valence electrons. The summed E-state index contributed by atoms with van der Waals surface area (Å²) >= 11 is 0. The lowest BCUT2D eigenvalue weighted by Crippen LogP contribution is -2.43. The maximum Gasteiger partial charge on any atom is 0.256 e. The fourth-order valence-corrected chi connectivity index (χ4v) is 3.11. The third-order valence-corrected chi connectivity index (χ3v) is 4.15. The smallest absolute Gasteiger partial charge is 0.256 e. The molecule has 1 fully saturated rings. The zero-order valence-corrected chi connectivity index (χ0v) is 10.5. The lowest BCUT2D eigenvalue weighted by molar-refractivity contribution is -0.00815. The number of benzene rings is 1. The summed E-state index contributed by atoms with van der Waals surface area (Å²) in [6, 6.07) is 7.44. The van der Waals surface area contributed by atoms with Gasteiger partial charge in [-0.3, -0.25) is 4.79 Å². The second-order valence-electron chi connectivity index (χ2n) is 5.07. The van der Waals surface area contributed by atoms with Gasteiger partial charge in [0, 0.05) is 24.2 Å². The van der Waals surface area contributed by atoms with Crippen LogP contribution in [0.3, 0.4) is 0 Å². The van der Waals surface area contributed by atoms with Crippen LogP contribution in [0.1, 0.15) is 35.5 Å². The number of aliphatic hydroxyl groups excluding tert-OH is 1. The average Bonchev–Trinajstić information content (AvgIpc) is 2.95. The van der Waals surface area contributed by atoms with Crippen LogP contribution >= 0.6 is 0 Å². The molecule has 3 atom stereocenters. The van der Waals surface area contributed by atoms with Gasteiger partial charge in [-0.05, 0) is 12.0 Å². The molecule has 4 nitrogen and oxygen atoms in total. The topological polar surface area (TPSA) is 52.6 Å². The number of nitrogens with zero attached hydrogens (tertiary/aromatic N) is 1. The van der Waals surface area contributed by atoms with Crippen LogP contribution in [-0.2, 0) is 0 Å². The molecule has 4 heteroatoms. The van der Waals surface area contributed by atoms with E-state index < -0.39 is 6.23 Å². The molecule has 0 aromatic heterocycles. The summed E-state index contributed by atoms with van der Waals surface area (Å²) in [7, 11) is 0. The standard InChI is InChI=1S/C14H18N2O2/c1-2-9-7-15-8-12(9)16-13(17)10-5-3-4-6-11(10)14(16)18/h3-6,9,12-13,15,17H,2,7-8H2,1H3/t9-,12-,13?/m1/s1. The van der Waals surface area contributed by atoms with Crippen molar-refractivity contribution in [3.8, 4) is 0 Å². The van der Waals surface area contributed by atoms with Crippen LogP contribution in [0.4, 0.5) is 0 Å². The van der Waals surface area contributed by atoms with Crippen LogP contribution in [0.25, 0.3) is 0 Å². The molecule has 1 unspecified atom stereocenters. The second-order valence-corrected chi connectivity index (χ2v) is 5.07. The minimum Gasteiger partial charge on any atom is -0.369 e. The normalized spacial score (nSPS) is 30.9. The maximum atomic E-state index is 12.4.